The van der Waals surface area contributed by atoms with Crippen LogP contribution in [0.2, 0.25) is 5.02 Å². The zero-order valence-corrected chi connectivity index (χ0v) is 8.79. The maximum Gasteiger partial charge on any atom is 0.0519 e. The molecule has 0 aliphatic heterocycles. The molecule has 0 aliphatic rings. The van der Waals surface area contributed by atoms with Crippen molar-refractivity contribution in [3.8, 4) is 0 Å². The summed E-state index contributed by atoms with van der Waals surface area (Å²) in [6.07, 6.45) is 0. The van der Waals surface area contributed by atoms with Gasteiger partial charge in [-0.05, 0) is 31.5 Å². The third-order valence-corrected chi connectivity index (χ3v) is 2.18. The van der Waals surface area contributed by atoms with Crippen molar-refractivity contribution in [2.75, 3.05) is 12.4 Å². The van der Waals surface area contributed by atoms with Crippen molar-refractivity contribution in [2.45, 2.75) is 13.8 Å². The predicted octanol–water partition coefficient (Wildman–Crippen LogP) is 3.08. The van der Waals surface area contributed by atoms with Gasteiger partial charge in [-0.3, -0.25) is 0 Å². The minimum atomic E-state index is 0.481. The van der Waals surface area contributed by atoms with Gasteiger partial charge in [0.05, 0.1) is 5.02 Å². The second-order valence-electron chi connectivity index (χ2n) is 3.04. The van der Waals surface area contributed by atoms with E-state index in [0.717, 1.165) is 16.8 Å². The van der Waals surface area contributed by atoms with Crippen LogP contribution in [0, 0.1) is 12.3 Å². The zero-order chi connectivity index (χ0) is 10.0. The van der Waals surface area contributed by atoms with Gasteiger partial charge in [0.1, 0.15) is 0 Å². The lowest BCUT2D eigenvalue weighted by molar-refractivity contribution is 1.39. The molecule has 0 aromatic heterocycles. The van der Waals surface area contributed by atoms with Crippen molar-refractivity contribution < 1.29 is 0 Å². The van der Waals surface area contributed by atoms with Crippen LogP contribution in [0.5, 0.6) is 0 Å². The Morgan fingerprint density at radius 2 is 2.08 bits per heavy atom. The van der Waals surface area contributed by atoms with Crippen molar-refractivity contribution in [1.82, 2.24) is 0 Å². The van der Waals surface area contributed by atoms with Gasteiger partial charge in [-0.1, -0.05) is 11.6 Å². The summed E-state index contributed by atoms with van der Waals surface area (Å²) in [5.41, 5.74) is 3.28. The van der Waals surface area contributed by atoms with Gasteiger partial charge in [0.15, 0.2) is 0 Å². The van der Waals surface area contributed by atoms with E-state index in [1.807, 2.05) is 26.1 Å². The fourth-order valence-corrected chi connectivity index (χ4v) is 1.74. The maximum absolute atomic E-state index is 7.57. The molecule has 0 unspecified atom stereocenters. The molecule has 1 aromatic carbocycles. The van der Waals surface area contributed by atoms with Gasteiger partial charge in [-0.15, -0.1) is 0 Å². The van der Waals surface area contributed by atoms with E-state index in [4.69, 9.17) is 17.0 Å². The van der Waals surface area contributed by atoms with Crippen LogP contribution in [0.3, 0.4) is 0 Å². The lowest BCUT2D eigenvalue weighted by atomic mass is 10.1. The van der Waals surface area contributed by atoms with E-state index in [-0.39, 0.29) is 0 Å². The molecule has 0 bridgehead atoms. The Balaban J connectivity index is 3.38. The fraction of sp³-hybridized carbons (Fsp3) is 0.300. The number of nitrogens with one attached hydrogen (secondary N) is 2. The molecule has 0 spiro atoms. The normalized spacial score (nSPS) is 9.85. The average Bonchev–Trinajstić information content (AvgIpc) is 2.01. The van der Waals surface area contributed by atoms with Crippen molar-refractivity contribution in [3.05, 3.63) is 28.3 Å². The first-order valence-corrected chi connectivity index (χ1v) is 4.47. The van der Waals surface area contributed by atoms with Gasteiger partial charge in [0, 0.05) is 24.0 Å². The number of aryl methyl sites for hydroxylation is 1. The van der Waals surface area contributed by atoms with Crippen LogP contribution >= 0.6 is 11.6 Å². The molecule has 1 aromatic rings. The van der Waals surface area contributed by atoms with E-state index < -0.39 is 0 Å². The maximum atomic E-state index is 7.57. The number of halogens is 1. The summed E-state index contributed by atoms with van der Waals surface area (Å²) in [7, 11) is 1.83. The van der Waals surface area contributed by atoms with Crippen LogP contribution in [-0.4, -0.2) is 12.8 Å². The number of hydrogen-bond acceptors (Lipinski definition) is 2. The average molecular weight is 197 g/mol. The highest BCUT2D eigenvalue weighted by molar-refractivity contribution is 6.34. The van der Waals surface area contributed by atoms with Crippen LogP contribution in [0.4, 0.5) is 5.69 Å². The van der Waals surface area contributed by atoms with Crippen molar-refractivity contribution in [2.24, 2.45) is 0 Å². The Kier molecular flexibility index (Phi) is 2.94. The van der Waals surface area contributed by atoms with Crippen LogP contribution in [0.1, 0.15) is 18.1 Å². The summed E-state index contributed by atoms with van der Waals surface area (Å²) in [4.78, 5) is 0. The van der Waals surface area contributed by atoms with E-state index in [1.165, 1.54) is 0 Å². The van der Waals surface area contributed by atoms with Crippen molar-refractivity contribution in [3.63, 3.8) is 0 Å². The zero-order valence-electron chi connectivity index (χ0n) is 8.03. The molecular formula is C10H13ClN2. The molecule has 70 valence electrons. The fourth-order valence-electron chi connectivity index (χ4n) is 1.32. The van der Waals surface area contributed by atoms with E-state index in [1.54, 1.807) is 6.92 Å². The highest BCUT2D eigenvalue weighted by Gasteiger charge is 2.08. The van der Waals surface area contributed by atoms with E-state index >= 15 is 0 Å². The number of anilines is 1. The summed E-state index contributed by atoms with van der Waals surface area (Å²) in [5.74, 6) is 0. The van der Waals surface area contributed by atoms with Gasteiger partial charge in [-0.2, -0.15) is 0 Å². The monoisotopic (exact) mass is 196 g/mol. The minimum Gasteiger partial charge on any atom is -0.388 e. The standard InChI is InChI=1S/C10H13ClN2/c1-6-4-8(11)10(7(2)12)9(5-6)13-3/h4-5,12-13H,1-3H3. The third-order valence-electron chi connectivity index (χ3n) is 1.88. The number of benzene rings is 1. The predicted molar refractivity (Wildman–Crippen MR) is 58.2 cm³/mol. The lowest BCUT2D eigenvalue weighted by Crippen LogP contribution is -2.01. The van der Waals surface area contributed by atoms with Crippen LogP contribution in [-0.2, 0) is 0 Å². The first-order chi connectivity index (χ1) is 6.06. The molecule has 2 nitrogen and oxygen atoms in total. The second kappa shape index (κ2) is 3.79. The molecule has 0 saturated heterocycles. The minimum absolute atomic E-state index is 0.481. The first kappa shape index (κ1) is 10.1. The van der Waals surface area contributed by atoms with Gasteiger partial charge < -0.3 is 10.7 Å². The molecule has 0 radical (unpaired) electrons. The molecule has 0 amide bonds. The van der Waals surface area contributed by atoms with Crippen LogP contribution < -0.4 is 5.32 Å². The Morgan fingerprint density at radius 1 is 1.46 bits per heavy atom. The second-order valence-corrected chi connectivity index (χ2v) is 3.45. The van der Waals surface area contributed by atoms with Gasteiger partial charge in [0.2, 0.25) is 0 Å². The number of rotatable bonds is 2. The first-order valence-electron chi connectivity index (χ1n) is 4.09. The molecule has 0 aliphatic carbocycles. The molecular weight excluding hydrogens is 184 g/mol. The Hall–Kier alpha value is -1.02. The Bertz CT molecular complexity index is 345. The molecule has 1 rings (SSSR count). The SMILES string of the molecule is CNc1cc(C)cc(Cl)c1C(C)=N. The van der Waals surface area contributed by atoms with Crippen LogP contribution in [0.15, 0.2) is 12.1 Å². The highest BCUT2D eigenvalue weighted by Crippen LogP contribution is 2.26. The van der Waals surface area contributed by atoms with E-state index in [0.29, 0.717) is 10.7 Å². The van der Waals surface area contributed by atoms with Gasteiger partial charge >= 0.3 is 0 Å². The van der Waals surface area contributed by atoms with E-state index in [2.05, 4.69) is 5.32 Å². The molecule has 0 saturated carbocycles. The quantitative estimate of drug-likeness (QED) is 0.701. The van der Waals surface area contributed by atoms with Gasteiger partial charge in [-0.25, -0.2) is 0 Å². The lowest BCUT2D eigenvalue weighted by Gasteiger charge is -2.10. The smallest absolute Gasteiger partial charge is 0.0519 e. The molecule has 13 heavy (non-hydrogen) atoms. The Labute approximate surface area is 83.4 Å². The molecule has 2 N–H and O–H groups in total. The summed E-state index contributed by atoms with van der Waals surface area (Å²) >= 11 is 6.03. The van der Waals surface area contributed by atoms with Crippen molar-refractivity contribution in [1.29, 1.82) is 5.41 Å². The highest BCUT2D eigenvalue weighted by atomic mass is 35.5. The van der Waals surface area contributed by atoms with E-state index in [9.17, 15) is 0 Å². The molecule has 3 heteroatoms. The molecule has 0 heterocycles. The van der Waals surface area contributed by atoms with Crippen LogP contribution in [0.25, 0.3) is 0 Å². The number of hydrogen-bond donors (Lipinski definition) is 2. The topological polar surface area (TPSA) is 35.9 Å². The largest absolute Gasteiger partial charge is 0.388 e. The third kappa shape index (κ3) is 2.01. The Morgan fingerprint density at radius 3 is 2.54 bits per heavy atom. The summed E-state index contributed by atoms with van der Waals surface area (Å²) in [5, 5.41) is 11.2. The summed E-state index contributed by atoms with van der Waals surface area (Å²) in [6, 6.07) is 3.86. The summed E-state index contributed by atoms with van der Waals surface area (Å²) < 4.78 is 0. The molecule has 0 fully saturated rings. The van der Waals surface area contributed by atoms with Crippen molar-refractivity contribution >= 4 is 23.0 Å². The summed E-state index contributed by atoms with van der Waals surface area (Å²) in [6.45, 7) is 3.72. The molecule has 0 atom stereocenters. The van der Waals surface area contributed by atoms with Gasteiger partial charge in [0.25, 0.3) is 0 Å².